The van der Waals surface area contributed by atoms with Crippen LogP contribution in [0.25, 0.3) is 78.2 Å². The summed E-state index contributed by atoms with van der Waals surface area (Å²) in [5.41, 5.74) is 35.5. The number of hydrogen-bond acceptors (Lipinski definition) is 7. The Kier molecular flexibility index (Phi) is 26.8. The average Bonchev–Trinajstić information content (AvgIpc) is 1.24. The Morgan fingerprint density at radius 3 is 0.632 bits per heavy atom. The molecule has 0 atom stereocenters. The van der Waals surface area contributed by atoms with Crippen molar-refractivity contribution >= 4 is 17.8 Å². The number of hydrogen-bond donors (Lipinski definition) is 1. The molecule has 9 nitrogen and oxygen atoms in total. The van der Waals surface area contributed by atoms with E-state index in [1.54, 1.807) is 0 Å². The molecular weight excluding hydrogens is 1140 g/mol. The maximum absolute atomic E-state index is 4.87. The molecule has 6 aromatic carbocycles. The topological polar surface area (TPSA) is 118 Å². The number of anilines is 1. The third kappa shape index (κ3) is 18.0. The summed E-state index contributed by atoms with van der Waals surface area (Å²) in [6.45, 7) is 47.5. The Morgan fingerprint density at radius 2 is 0.460 bits per heavy atom. The molecule has 454 valence electrons. The first kappa shape index (κ1) is 72.3. The summed E-state index contributed by atoms with van der Waals surface area (Å²) in [6.07, 6.45) is 3.00. The van der Waals surface area contributed by atoms with Gasteiger partial charge in [0.15, 0.2) is 0 Å². The van der Waals surface area contributed by atoms with E-state index < -0.39 is 0 Å². The van der Waals surface area contributed by atoms with Crippen molar-refractivity contribution in [1.82, 2.24) is 29.9 Å². The molecule has 10 heteroatoms. The Labute approximate surface area is 544 Å². The van der Waals surface area contributed by atoms with Gasteiger partial charge in [0, 0.05) is 52.3 Å². The Bertz CT molecular complexity index is 3090. The number of nitrogens with one attached hydrogen (secondary N) is 1. The van der Waals surface area contributed by atoms with Crippen LogP contribution in [0.2, 0.25) is 0 Å². The van der Waals surface area contributed by atoms with E-state index in [-0.39, 0.29) is 41.1 Å². The molecule has 3 heterocycles. The first-order valence-corrected chi connectivity index (χ1v) is 30.1. The first-order valence-electron chi connectivity index (χ1n) is 30.1. The smallest absolute Gasteiger partial charge is 0.393 e. The summed E-state index contributed by atoms with van der Waals surface area (Å²) in [5, 5.41) is 12.7. The third-order valence-electron chi connectivity index (χ3n) is 15.2. The predicted molar refractivity (Wildman–Crippen MR) is 372 cm³/mol. The molecule has 0 aliphatic heterocycles. The number of nitrogens with zero attached hydrogens (tertiary/aromatic N) is 8. The van der Waals surface area contributed by atoms with Crippen molar-refractivity contribution in [2.45, 2.75) is 165 Å². The molecule has 0 amide bonds. The summed E-state index contributed by atoms with van der Waals surface area (Å²) in [5.74, 6) is 1.86. The number of aromatic nitrogens is 6. The van der Waals surface area contributed by atoms with Crippen LogP contribution in [0.4, 0.5) is 17.8 Å². The molecule has 0 saturated heterocycles. The molecule has 0 bridgehead atoms. The summed E-state index contributed by atoms with van der Waals surface area (Å²) >= 11 is 0. The minimum Gasteiger partial charge on any atom is -0.393 e. The van der Waals surface area contributed by atoms with Gasteiger partial charge in [-0.1, -0.05) is 140 Å². The second-order valence-electron chi connectivity index (χ2n) is 23.7. The van der Waals surface area contributed by atoms with Gasteiger partial charge in [-0.05, 0) is 251 Å². The SMILES string of the molecule is CCCNc1nc(-c2c(C)cc(C)cc2C)cc(-c2c(C)cc(C)cc2C)n1.CCC[N-]c1nc(-c2c(C)cc(C)cc2C)cc(-c2c(C)cc(C)cc2C)n1.CCC[N-]c1nc(-c2c(C)cc(C)cc2C)cc(-c2c(C)cc(C)cc2C)n1.[CH3-].[CH3-].[Zr+4]. The van der Waals surface area contributed by atoms with E-state index in [1.807, 2.05) is 0 Å². The van der Waals surface area contributed by atoms with Gasteiger partial charge >= 0.3 is 26.2 Å². The van der Waals surface area contributed by atoms with Crippen LogP contribution >= 0.6 is 0 Å². The Morgan fingerprint density at radius 1 is 0.276 bits per heavy atom. The van der Waals surface area contributed by atoms with Crippen LogP contribution in [0.1, 0.15) is 140 Å². The van der Waals surface area contributed by atoms with Crippen molar-refractivity contribution in [3.63, 3.8) is 0 Å². The molecule has 87 heavy (non-hydrogen) atoms. The van der Waals surface area contributed by atoms with E-state index in [4.69, 9.17) is 29.9 Å². The normalized spacial score (nSPS) is 10.6. The van der Waals surface area contributed by atoms with Gasteiger partial charge in [-0.15, -0.1) is 0 Å². The predicted octanol–water partition coefficient (Wildman–Crippen LogP) is 21.5. The maximum Gasteiger partial charge on any atom is 4.00 e. The quantitative estimate of drug-likeness (QED) is 0.102. The van der Waals surface area contributed by atoms with E-state index in [2.05, 4.69) is 252 Å². The van der Waals surface area contributed by atoms with E-state index in [1.165, 1.54) is 134 Å². The summed E-state index contributed by atoms with van der Waals surface area (Å²) in [7, 11) is 0. The van der Waals surface area contributed by atoms with E-state index in [0.717, 1.165) is 73.1 Å². The minimum absolute atomic E-state index is 0. The molecule has 3 aromatic heterocycles. The number of benzene rings is 6. The van der Waals surface area contributed by atoms with Crippen molar-refractivity contribution in [1.29, 1.82) is 0 Å². The van der Waals surface area contributed by atoms with E-state index in [9.17, 15) is 0 Å². The van der Waals surface area contributed by atoms with Crippen LogP contribution in [0.5, 0.6) is 0 Å². The third-order valence-corrected chi connectivity index (χ3v) is 15.2. The van der Waals surface area contributed by atoms with Gasteiger partial charge in [0.1, 0.15) is 0 Å². The Balaban J connectivity index is 0.000000275. The van der Waals surface area contributed by atoms with Crippen molar-refractivity contribution in [3.8, 4) is 67.5 Å². The zero-order chi connectivity index (χ0) is 61.3. The second kappa shape index (κ2) is 32.2. The molecule has 1 N–H and O–H groups in total. The molecule has 9 rings (SSSR count). The molecule has 0 aliphatic rings. The first-order chi connectivity index (χ1) is 39.9. The van der Waals surface area contributed by atoms with E-state index in [0.29, 0.717) is 17.8 Å². The zero-order valence-electron chi connectivity index (χ0n) is 57.0. The standard InChI is InChI=1S/C25H31N3.2C25H30N3.2CH3.Zr/c3*1-8-9-26-25-27-21(23-17(4)10-15(2)11-18(23)5)14-22(28-25)24-19(6)12-16(3)13-20(24)7;;;/h10-14H,8-9H2,1-7H3,(H,26,27,28);2*10-14H,8-9H2,1-7H3;2*1H3;/q;4*-1;+4. The fraction of sp³-hybridized carbons (Fsp3) is 0.351. The summed E-state index contributed by atoms with van der Waals surface area (Å²) in [6, 6.07) is 33.0. The average molecular weight is 1240 g/mol. The van der Waals surface area contributed by atoms with Crippen LogP contribution in [0.3, 0.4) is 0 Å². The second-order valence-corrected chi connectivity index (χ2v) is 23.7. The summed E-state index contributed by atoms with van der Waals surface area (Å²) in [4.78, 5) is 29.0. The summed E-state index contributed by atoms with van der Waals surface area (Å²) < 4.78 is 0. The van der Waals surface area contributed by atoms with Crippen molar-refractivity contribution in [2.75, 3.05) is 25.0 Å². The molecule has 0 fully saturated rings. The van der Waals surface area contributed by atoms with Gasteiger partial charge in [0.25, 0.3) is 0 Å². The van der Waals surface area contributed by atoms with Crippen LogP contribution in [0, 0.1) is 139 Å². The van der Waals surface area contributed by atoms with E-state index >= 15 is 0 Å². The molecule has 0 unspecified atom stereocenters. The maximum atomic E-state index is 4.87. The van der Waals surface area contributed by atoms with Crippen LogP contribution in [0.15, 0.2) is 91.0 Å². The fourth-order valence-electron chi connectivity index (χ4n) is 12.5. The van der Waals surface area contributed by atoms with Crippen LogP contribution in [-0.2, 0) is 26.2 Å². The van der Waals surface area contributed by atoms with Crippen molar-refractivity contribution in [3.05, 3.63) is 217 Å². The number of rotatable bonds is 15. The molecule has 0 spiro atoms. The van der Waals surface area contributed by atoms with Crippen molar-refractivity contribution < 1.29 is 26.2 Å². The van der Waals surface area contributed by atoms with Crippen molar-refractivity contribution in [2.24, 2.45) is 0 Å². The van der Waals surface area contributed by atoms with Gasteiger partial charge in [0.05, 0.1) is 11.4 Å². The van der Waals surface area contributed by atoms with Gasteiger partial charge in [-0.3, -0.25) is 0 Å². The van der Waals surface area contributed by atoms with Crippen LogP contribution in [-0.4, -0.2) is 49.5 Å². The van der Waals surface area contributed by atoms with Crippen LogP contribution < -0.4 is 5.32 Å². The largest absolute Gasteiger partial charge is 4.00 e. The number of aryl methyl sites for hydroxylation is 18. The molecule has 0 saturated carbocycles. The van der Waals surface area contributed by atoms with Gasteiger partial charge in [-0.2, -0.15) is 0 Å². The molecule has 0 radical (unpaired) electrons. The molecule has 0 aliphatic carbocycles. The minimum atomic E-state index is 0. The molecular formula is C77H97N9Zr. The van der Waals surface area contributed by atoms with Gasteiger partial charge in [0.2, 0.25) is 5.95 Å². The monoisotopic (exact) mass is 1240 g/mol. The van der Waals surface area contributed by atoms with Gasteiger partial charge in [-0.25, -0.2) is 9.97 Å². The molecule has 9 aromatic rings. The fourth-order valence-corrected chi connectivity index (χ4v) is 12.5. The zero-order valence-corrected chi connectivity index (χ0v) is 59.4. The van der Waals surface area contributed by atoms with Gasteiger partial charge < -0.3 is 50.7 Å². The Hall–Kier alpha value is -7.16.